The second-order valence-corrected chi connectivity index (χ2v) is 5.33. The van der Waals surface area contributed by atoms with E-state index in [1.807, 2.05) is 0 Å². The molecule has 0 atom stereocenters. The number of nitrogens with one attached hydrogen (secondary N) is 1. The molecule has 92 valence electrons. The Labute approximate surface area is 113 Å². The van der Waals surface area contributed by atoms with E-state index in [4.69, 9.17) is 18.0 Å². The van der Waals surface area contributed by atoms with Gasteiger partial charge in [-0.2, -0.15) is 0 Å². The minimum Gasteiger partial charge on any atom is -0.392 e. The fourth-order valence-corrected chi connectivity index (χ4v) is 1.53. The first kappa shape index (κ1) is 14.1. The zero-order valence-corrected chi connectivity index (χ0v) is 11.8. The Hall–Kier alpha value is -1.01. The Kier molecular flexibility index (Phi) is 4.21. The number of carbonyl (C=O) groups is 1. The SMILES string of the molecule is CC(C)(C(=O)Nc1c(F)cccc1Br)C(N)=S. The van der Waals surface area contributed by atoms with E-state index < -0.39 is 17.1 Å². The van der Waals surface area contributed by atoms with E-state index in [9.17, 15) is 9.18 Å². The lowest BCUT2D eigenvalue weighted by molar-refractivity contribution is -0.121. The number of para-hydroxylation sites is 1. The molecular weight excluding hydrogens is 307 g/mol. The van der Waals surface area contributed by atoms with E-state index in [1.54, 1.807) is 19.9 Å². The molecule has 3 N–H and O–H groups in total. The lowest BCUT2D eigenvalue weighted by Gasteiger charge is -2.22. The van der Waals surface area contributed by atoms with Crippen molar-refractivity contribution in [2.45, 2.75) is 13.8 Å². The molecule has 0 aliphatic heterocycles. The molecule has 0 aliphatic carbocycles. The molecule has 0 spiro atoms. The zero-order valence-electron chi connectivity index (χ0n) is 9.38. The Morgan fingerprint density at radius 2 is 2.12 bits per heavy atom. The summed E-state index contributed by atoms with van der Waals surface area (Å²) in [6, 6.07) is 4.42. The summed E-state index contributed by atoms with van der Waals surface area (Å²) in [7, 11) is 0. The van der Waals surface area contributed by atoms with E-state index in [1.165, 1.54) is 12.1 Å². The standard InChI is InChI=1S/C11H12BrFN2OS/c1-11(2,9(14)17)10(16)15-8-6(12)4-3-5-7(8)13/h3-5H,1-2H3,(H2,14,17)(H,15,16). The van der Waals surface area contributed by atoms with Crippen LogP contribution in [0.3, 0.4) is 0 Å². The number of anilines is 1. The van der Waals surface area contributed by atoms with Crippen LogP contribution in [-0.4, -0.2) is 10.9 Å². The number of halogens is 2. The van der Waals surface area contributed by atoms with Gasteiger partial charge in [0.1, 0.15) is 5.82 Å². The van der Waals surface area contributed by atoms with Gasteiger partial charge in [0.05, 0.1) is 16.1 Å². The van der Waals surface area contributed by atoms with E-state index in [-0.39, 0.29) is 10.7 Å². The maximum atomic E-state index is 13.5. The summed E-state index contributed by atoms with van der Waals surface area (Å²) < 4.78 is 14.0. The number of nitrogens with two attached hydrogens (primary N) is 1. The highest BCUT2D eigenvalue weighted by molar-refractivity contribution is 9.10. The van der Waals surface area contributed by atoms with Gasteiger partial charge in [-0.15, -0.1) is 0 Å². The predicted molar refractivity (Wildman–Crippen MR) is 73.3 cm³/mol. The van der Waals surface area contributed by atoms with Crippen molar-refractivity contribution in [3.63, 3.8) is 0 Å². The number of carbonyl (C=O) groups excluding carboxylic acids is 1. The van der Waals surface area contributed by atoms with E-state index in [0.717, 1.165) is 0 Å². The third kappa shape index (κ3) is 3.01. The maximum Gasteiger partial charge on any atom is 0.236 e. The molecule has 1 amide bonds. The van der Waals surface area contributed by atoms with Gasteiger partial charge in [-0.1, -0.05) is 18.3 Å². The van der Waals surface area contributed by atoms with Crippen molar-refractivity contribution in [3.8, 4) is 0 Å². The van der Waals surface area contributed by atoms with E-state index >= 15 is 0 Å². The summed E-state index contributed by atoms with van der Waals surface area (Å²) in [5.74, 6) is -0.970. The smallest absolute Gasteiger partial charge is 0.236 e. The molecule has 0 aromatic heterocycles. The van der Waals surface area contributed by atoms with Crippen LogP contribution in [-0.2, 0) is 4.79 Å². The minimum absolute atomic E-state index is 0.0578. The van der Waals surface area contributed by atoms with Gasteiger partial charge < -0.3 is 11.1 Å². The van der Waals surface area contributed by atoms with Crippen LogP contribution < -0.4 is 11.1 Å². The van der Waals surface area contributed by atoms with Crippen LogP contribution in [0.1, 0.15) is 13.8 Å². The summed E-state index contributed by atoms with van der Waals surface area (Å²) in [6.45, 7) is 3.17. The highest BCUT2D eigenvalue weighted by Gasteiger charge is 2.31. The largest absolute Gasteiger partial charge is 0.392 e. The van der Waals surface area contributed by atoms with Crippen LogP contribution in [0.2, 0.25) is 0 Å². The molecule has 0 aliphatic rings. The van der Waals surface area contributed by atoms with Crippen molar-refractivity contribution in [1.29, 1.82) is 0 Å². The quantitative estimate of drug-likeness (QED) is 0.843. The highest BCUT2D eigenvalue weighted by atomic mass is 79.9. The summed E-state index contributed by atoms with van der Waals surface area (Å²) in [4.78, 5) is 12.0. The van der Waals surface area contributed by atoms with Gasteiger partial charge in [0.25, 0.3) is 0 Å². The number of benzene rings is 1. The number of hydrogen-bond acceptors (Lipinski definition) is 2. The molecule has 1 aromatic rings. The number of amides is 1. The fraction of sp³-hybridized carbons (Fsp3) is 0.273. The van der Waals surface area contributed by atoms with Gasteiger partial charge in [-0.25, -0.2) is 4.39 Å². The molecule has 1 rings (SSSR count). The van der Waals surface area contributed by atoms with Crippen LogP contribution in [0.15, 0.2) is 22.7 Å². The first-order valence-electron chi connectivity index (χ1n) is 4.82. The zero-order chi connectivity index (χ0) is 13.2. The highest BCUT2D eigenvalue weighted by Crippen LogP contribution is 2.27. The molecule has 0 heterocycles. The molecule has 0 saturated carbocycles. The average Bonchev–Trinajstić information content (AvgIpc) is 2.23. The minimum atomic E-state index is -1.03. The summed E-state index contributed by atoms with van der Waals surface area (Å²) in [5.41, 5.74) is 4.52. The molecule has 17 heavy (non-hydrogen) atoms. The Bertz CT molecular complexity index is 456. The third-order valence-corrected chi connectivity index (χ3v) is 3.56. The Morgan fingerprint density at radius 3 is 2.59 bits per heavy atom. The average molecular weight is 319 g/mol. The normalized spacial score (nSPS) is 11.1. The number of thiocarbonyl (C=S) groups is 1. The molecule has 0 bridgehead atoms. The van der Waals surface area contributed by atoms with Crippen molar-refractivity contribution in [3.05, 3.63) is 28.5 Å². The molecular formula is C11H12BrFN2OS. The van der Waals surface area contributed by atoms with Crippen LogP contribution in [0, 0.1) is 11.2 Å². The molecule has 3 nitrogen and oxygen atoms in total. The van der Waals surface area contributed by atoms with Crippen molar-refractivity contribution in [2.75, 3.05) is 5.32 Å². The molecule has 0 fully saturated rings. The molecule has 6 heteroatoms. The summed E-state index contributed by atoms with van der Waals surface area (Å²) in [6.07, 6.45) is 0. The summed E-state index contributed by atoms with van der Waals surface area (Å²) >= 11 is 7.96. The van der Waals surface area contributed by atoms with E-state index in [0.29, 0.717) is 4.47 Å². The van der Waals surface area contributed by atoms with Crippen molar-refractivity contribution in [1.82, 2.24) is 0 Å². The molecule has 0 radical (unpaired) electrons. The monoisotopic (exact) mass is 318 g/mol. The lowest BCUT2D eigenvalue weighted by Crippen LogP contribution is -2.41. The number of hydrogen-bond donors (Lipinski definition) is 2. The van der Waals surface area contributed by atoms with Gasteiger partial charge in [-0.05, 0) is 41.9 Å². The number of rotatable bonds is 3. The second-order valence-electron chi connectivity index (χ2n) is 4.04. The van der Waals surface area contributed by atoms with Crippen molar-refractivity contribution >= 4 is 44.7 Å². The molecule has 0 saturated heterocycles. The van der Waals surface area contributed by atoms with Gasteiger partial charge in [0.2, 0.25) is 5.91 Å². The summed E-state index contributed by atoms with van der Waals surface area (Å²) in [5, 5.41) is 2.47. The lowest BCUT2D eigenvalue weighted by atomic mass is 9.92. The third-order valence-electron chi connectivity index (χ3n) is 2.38. The first-order valence-corrected chi connectivity index (χ1v) is 6.02. The second kappa shape index (κ2) is 5.10. The Balaban J connectivity index is 3.00. The van der Waals surface area contributed by atoms with Gasteiger partial charge in [0.15, 0.2) is 0 Å². The fourth-order valence-electron chi connectivity index (χ4n) is 0.999. The van der Waals surface area contributed by atoms with Crippen LogP contribution in [0.5, 0.6) is 0 Å². The van der Waals surface area contributed by atoms with Crippen molar-refractivity contribution < 1.29 is 9.18 Å². The van der Waals surface area contributed by atoms with Gasteiger partial charge in [-0.3, -0.25) is 4.79 Å². The topological polar surface area (TPSA) is 55.1 Å². The molecule has 1 aromatic carbocycles. The first-order chi connectivity index (χ1) is 7.76. The van der Waals surface area contributed by atoms with Crippen LogP contribution in [0.25, 0.3) is 0 Å². The van der Waals surface area contributed by atoms with Gasteiger partial charge >= 0.3 is 0 Å². The van der Waals surface area contributed by atoms with Crippen LogP contribution >= 0.6 is 28.1 Å². The maximum absolute atomic E-state index is 13.5. The Morgan fingerprint density at radius 1 is 1.53 bits per heavy atom. The van der Waals surface area contributed by atoms with Crippen molar-refractivity contribution in [2.24, 2.45) is 11.1 Å². The van der Waals surface area contributed by atoms with Crippen LogP contribution in [0.4, 0.5) is 10.1 Å². The van der Waals surface area contributed by atoms with Gasteiger partial charge in [0, 0.05) is 4.47 Å². The molecule has 0 unspecified atom stereocenters. The predicted octanol–water partition coefficient (Wildman–Crippen LogP) is 2.84. The van der Waals surface area contributed by atoms with E-state index in [2.05, 4.69) is 21.2 Å².